The summed E-state index contributed by atoms with van der Waals surface area (Å²) in [5.41, 5.74) is 12.4. The van der Waals surface area contributed by atoms with Gasteiger partial charge in [-0.2, -0.15) is 5.10 Å². The number of H-pyrrole nitrogens is 1. The molecule has 2 aromatic heterocycles. The Kier molecular flexibility index (Phi) is 4.32. The summed E-state index contributed by atoms with van der Waals surface area (Å²) < 4.78 is 1.90. The van der Waals surface area contributed by atoms with Gasteiger partial charge in [-0.3, -0.25) is 0 Å². The van der Waals surface area contributed by atoms with Crippen molar-refractivity contribution in [2.45, 2.75) is 13.3 Å². The summed E-state index contributed by atoms with van der Waals surface area (Å²) in [7, 11) is 0. The first-order valence-electron chi connectivity index (χ1n) is 7.75. The molecule has 4 nitrogen and oxygen atoms in total. The van der Waals surface area contributed by atoms with Crippen molar-refractivity contribution < 1.29 is 0 Å². The van der Waals surface area contributed by atoms with Gasteiger partial charge in [0.25, 0.3) is 0 Å². The first-order valence-corrected chi connectivity index (χ1v) is 7.75. The maximum Gasteiger partial charge on any atom is 0.0645 e. The fourth-order valence-corrected chi connectivity index (χ4v) is 2.82. The molecule has 2 aromatic carbocycles. The SMILES string of the molecule is CCc1ccc(-n2cc(-c3ccc4[nH]cc(N)c4c3)cn2)cc1.Cl. The molecule has 0 atom stereocenters. The van der Waals surface area contributed by atoms with Gasteiger partial charge in [-0.05, 0) is 41.8 Å². The molecule has 0 unspecified atom stereocenters. The van der Waals surface area contributed by atoms with E-state index in [4.69, 9.17) is 5.73 Å². The third-order valence-electron chi connectivity index (χ3n) is 4.24. The Labute approximate surface area is 146 Å². The molecule has 5 heteroatoms. The molecule has 0 saturated heterocycles. The summed E-state index contributed by atoms with van der Waals surface area (Å²) in [6.07, 6.45) is 6.80. The highest BCUT2D eigenvalue weighted by molar-refractivity contribution is 5.94. The lowest BCUT2D eigenvalue weighted by molar-refractivity contribution is 0.879. The zero-order valence-corrected chi connectivity index (χ0v) is 14.2. The van der Waals surface area contributed by atoms with Gasteiger partial charge in [0.15, 0.2) is 0 Å². The van der Waals surface area contributed by atoms with Gasteiger partial charge in [0, 0.05) is 28.9 Å². The number of nitrogens with one attached hydrogen (secondary N) is 1. The van der Waals surface area contributed by atoms with Crippen LogP contribution in [-0.4, -0.2) is 14.8 Å². The zero-order chi connectivity index (χ0) is 15.8. The molecule has 4 aromatic rings. The number of nitrogens with zero attached hydrogens (tertiary/aromatic N) is 2. The van der Waals surface area contributed by atoms with Gasteiger partial charge < -0.3 is 10.7 Å². The Bertz CT molecular complexity index is 967. The number of fused-ring (bicyclic) bond motifs is 1. The number of aryl methyl sites for hydroxylation is 1. The van der Waals surface area contributed by atoms with Gasteiger partial charge in [-0.1, -0.05) is 25.1 Å². The minimum Gasteiger partial charge on any atom is -0.397 e. The van der Waals surface area contributed by atoms with Crippen molar-refractivity contribution in [2.24, 2.45) is 0 Å². The third kappa shape index (κ3) is 2.76. The van der Waals surface area contributed by atoms with Crippen molar-refractivity contribution in [3.8, 4) is 16.8 Å². The largest absolute Gasteiger partial charge is 0.397 e. The number of halogens is 1. The fourth-order valence-electron chi connectivity index (χ4n) is 2.82. The summed E-state index contributed by atoms with van der Waals surface area (Å²) in [4.78, 5) is 3.16. The molecule has 2 heterocycles. The van der Waals surface area contributed by atoms with Gasteiger partial charge in [0.1, 0.15) is 0 Å². The van der Waals surface area contributed by atoms with Crippen LogP contribution in [0.4, 0.5) is 5.69 Å². The molecule has 0 amide bonds. The first kappa shape index (κ1) is 16.1. The second kappa shape index (κ2) is 6.42. The van der Waals surface area contributed by atoms with Crippen molar-refractivity contribution >= 4 is 29.0 Å². The predicted molar refractivity (Wildman–Crippen MR) is 102 cm³/mol. The summed E-state index contributed by atoms with van der Waals surface area (Å²) in [6.45, 7) is 2.16. The summed E-state index contributed by atoms with van der Waals surface area (Å²) in [5.74, 6) is 0. The second-order valence-corrected chi connectivity index (χ2v) is 5.70. The van der Waals surface area contributed by atoms with Gasteiger partial charge in [-0.25, -0.2) is 4.68 Å². The van der Waals surface area contributed by atoms with Gasteiger partial charge in [0.05, 0.1) is 17.6 Å². The number of rotatable bonds is 3. The Balaban J connectivity index is 0.00000169. The third-order valence-corrected chi connectivity index (χ3v) is 4.24. The highest BCUT2D eigenvalue weighted by Crippen LogP contribution is 2.27. The molecule has 0 saturated carbocycles. The van der Waals surface area contributed by atoms with Gasteiger partial charge in [0.2, 0.25) is 0 Å². The number of nitrogen functional groups attached to an aromatic ring is 1. The lowest BCUT2D eigenvalue weighted by Gasteiger charge is -2.02. The lowest BCUT2D eigenvalue weighted by Crippen LogP contribution is -1.93. The normalized spacial score (nSPS) is 10.7. The lowest BCUT2D eigenvalue weighted by atomic mass is 10.1. The average Bonchev–Trinajstić information content (AvgIpc) is 3.22. The molecule has 4 rings (SSSR count). The molecular formula is C19H19ClN4. The number of anilines is 1. The van der Waals surface area contributed by atoms with E-state index in [1.54, 1.807) is 0 Å². The van der Waals surface area contributed by atoms with Gasteiger partial charge >= 0.3 is 0 Å². The highest BCUT2D eigenvalue weighted by Gasteiger charge is 2.07. The van der Waals surface area contributed by atoms with Crippen molar-refractivity contribution in [3.63, 3.8) is 0 Å². The van der Waals surface area contributed by atoms with Crippen LogP contribution in [0.2, 0.25) is 0 Å². The first-order chi connectivity index (χ1) is 11.2. The standard InChI is InChI=1S/C19H18N4.ClH/c1-2-13-3-6-16(7-4-13)23-12-15(10-22-23)14-5-8-19-17(9-14)18(20)11-21-19;/h3-12,21H,2,20H2,1H3;1H. The monoisotopic (exact) mass is 338 g/mol. The van der Waals surface area contributed by atoms with E-state index in [1.807, 2.05) is 23.3 Å². The molecule has 0 bridgehead atoms. The Morgan fingerprint density at radius 2 is 1.88 bits per heavy atom. The van der Waals surface area contributed by atoms with E-state index in [1.165, 1.54) is 5.56 Å². The highest BCUT2D eigenvalue weighted by atomic mass is 35.5. The summed E-state index contributed by atoms with van der Waals surface area (Å²) >= 11 is 0. The minimum atomic E-state index is 0. The van der Waals surface area contributed by atoms with Crippen LogP contribution in [0.1, 0.15) is 12.5 Å². The van der Waals surface area contributed by atoms with Crippen LogP contribution in [0, 0.1) is 0 Å². The maximum absolute atomic E-state index is 5.99. The molecular weight excluding hydrogens is 320 g/mol. The number of aromatic amines is 1. The smallest absolute Gasteiger partial charge is 0.0645 e. The van der Waals surface area contributed by atoms with Crippen LogP contribution in [0.15, 0.2) is 61.1 Å². The topological polar surface area (TPSA) is 59.6 Å². The molecule has 0 aliphatic rings. The van der Waals surface area contributed by atoms with Crippen molar-refractivity contribution in [1.82, 2.24) is 14.8 Å². The fraction of sp³-hybridized carbons (Fsp3) is 0.105. The number of benzene rings is 2. The average molecular weight is 339 g/mol. The number of aromatic nitrogens is 3. The van der Waals surface area contributed by atoms with Crippen LogP contribution in [0.3, 0.4) is 0 Å². The van der Waals surface area contributed by atoms with E-state index in [0.717, 1.165) is 39.8 Å². The molecule has 122 valence electrons. The Hall–Kier alpha value is -2.72. The minimum absolute atomic E-state index is 0. The van der Waals surface area contributed by atoms with E-state index in [2.05, 4.69) is 59.5 Å². The van der Waals surface area contributed by atoms with E-state index >= 15 is 0 Å². The van der Waals surface area contributed by atoms with Crippen LogP contribution < -0.4 is 5.73 Å². The number of nitrogens with two attached hydrogens (primary N) is 1. The van der Waals surface area contributed by atoms with E-state index in [-0.39, 0.29) is 12.4 Å². The Morgan fingerprint density at radius 1 is 1.08 bits per heavy atom. The second-order valence-electron chi connectivity index (χ2n) is 5.70. The van der Waals surface area contributed by atoms with Crippen LogP contribution in [-0.2, 0) is 6.42 Å². The van der Waals surface area contributed by atoms with Crippen molar-refractivity contribution in [2.75, 3.05) is 5.73 Å². The van der Waals surface area contributed by atoms with Gasteiger partial charge in [-0.15, -0.1) is 12.4 Å². The molecule has 0 aliphatic heterocycles. The van der Waals surface area contributed by atoms with E-state index in [0.29, 0.717) is 0 Å². The van der Waals surface area contributed by atoms with E-state index < -0.39 is 0 Å². The Morgan fingerprint density at radius 3 is 2.62 bits per heavy atom. The quantitative estimate of drug-likeness (QED) is 0.574. The van der Waals surface area contributed by atoms with Crippen molar-refractivity contribution in [3.05, 3.63) is 66.6 Å². The van der Waals surface area contributed by atoms with Crippen LogP contribution in [0.25, 0.3) is 27.7 Å². The summed E-state index contributed by atoms with van der Waals surface area (Å²) in [6, 6.07) is 14.7. The molecule has 0 aliphatic carbocycles. The van der Waals surface area contributed by atoms with Crippen molar-refractivity contribution in [1.29, 1.82) is 0 Å². The molecule has 24 heavy (non-hydrogen) atoms. The predicted octanol–water partition coefficient (Wildman–Crippen LogP) is 4.59. The molecule has 0 radical (unpaired) electrons. The maximum atomic E-state index is 5.99. The van der Waals surface area contributed by atoms with Crippen LogP contribution in [0.5, 0.6) is 0 Å². The molecule has 3 N–H and O–H groups in total. The van der Waals surface area contributed by atoms with E-state index in [9.17, 15) is 0 Å². The molecule has 0 fully saturated rings. The summed E-state index contributed by atoms with van der Waals surface area (Å²) in [5, 5.41) is 5.53. The zero-order valence-electron chi connectivity index (χ0n) is 13.4. The van der Waals surface area contributed by atoms with Crippen LogP contribution >= 0.6 is 12.4 Å². The molecule has 0 spiro atoms. The number of hydrogen-bond acceptors (Lipinski definition) is 2. The number of hydrogen-bond donors (Lipinski definition) is 2.